The fourth-order valence-corrected chi connectivity index (χ4v) is 5.85. The molecular weight excluding hydrogens is 348 g/mol. The standard InChI is InChI=1S/C29H22/c1-4-18(3)29(5-2)25-16-9-8-13-22(25)28-23-15-10-14-21-19-11-6-7-12-20(19)24(27(21)23)17-26(28)29/h4,6-17H,1,3,5H2,2H3. The van der Waals surface area contributed by atoms with E-state index in [0.717, 1.165) is 12.0 Å². The van der Waals surface area contributed by atoms with Gasteiger partial charge in [-0.05, 0) is 73.3 Å². The second-order valence-corrected chi connectivity index (χ2v) is 8.15. The van der Waals surface area contributed by atoms with Gasteiger partial charge in [0.2, 0.25) is 0 Å². The van der Waals surface area contributed by atoms with Crippen LogP contribution < -0.4 is 0 Å². The van der Waals surface area contributed by atoms with Crippen LogP contribution in [0.2, 0.25) is 0 Å². The number of fused-ring (bicyclic) bond motifs is 7. The molecule has 0 heteroatoms. The summed E-state index contributed by atoms with van der Waals surface area (Å²) in [4.78, 5) is 0. The number of allylic oxidation sites excluding steroid dienone is 2. The van der Waals surface area contributed by atoms with E-state index in [-0.39, 0.29) is 5.41 Å². The van der Waals surface area contributed by atoms with Crippen molar-refractivity contribution in [3.05, 3.63) is 109 Å². The summed E-state index contributed by atoms with van der Waals surface area (Å²) in [6, 6.07) is 26.9. The van der Waals surface area contributed by atoms with Crippen LogP contribution in [0, 0.1) is 0 Å². The molecule has 2 aliphatic carbocycles. The third-order valence-corrected chi connectivity index (χ3v) is 7.11. The summed E-state index contributed by atoms with van der Waals surface area (Å²) < 4.78 is 0. The molecule has 4 aromatic rings. The van der Waals surface area contributed by atoms with Crippen LogP contribution >= 0.6 is 0 Å². The average molecular weight is 370 g/mol. The van der Waals surface area contributed by atoms with Crippen LogP contribution in [0.15, 0.2) is 97.6 Å². The molecule has 138 valence electrons. The lowest BCUT2D eigenvalue weighted by molar-refractivity contribution is 0.611. The largest absolute Gasteiger partial charge is 0.0988 e. The van der Waals surface area contributed by atoms with Crippen molar-refractivity contribution in [1.82, 2.24) is 0 Å². The van der Waals surface area contributed by atoms with Gasteiger partial charge in [-0.1, -0.05) is 92.9 Å². The zero-order valence-electron chi connectivity index (χ0n) is 16.6. The fraction of sp³-hybridized carbons (Fsp3) is 0.103. The number of rotatable bonds is 3. The SMILES string of the molecule is C=CC(=C)C1(CC)c2ccccc2-c2c1cc1c3c(cccc23)-c2ccccc2-1. The molecule has 6 rings (SSSR count). The highest BCUT2D eigenvalue weighted by Crippen LogP contribution is 2.60. The first-order valence-electron chi connectivity index (χ1n) is 10.3. The Morgan fingerprint density at radius 1 is 0.793 bits per heavy atom. The molecule has 0 nitrogen and oxygen atoms in total. The average Bonchev–Trinajstić information content (AvgIpc) is 3.26. The Balaban J connectivity index is 1.85. The Morgan fingerprint density at radius 3 is 2.17 bits per heavy atom. The van der Waals surface area contributed by atoms with Gasteiger partial charge in [0.15, 0.2) is 0 Å². The van der Waals surface area contributed by atoms with E-state index in [1.165, 1.54) is 55.3 Å². The van der Waals surface area contributed by atoms with E-state index in [1.807, 2.05) is 6.08 Å². The first-order chi connectivity index (χ1) is 14.2. The van der Waals surface area contributed by atoms with Crippen LogP contribution in [-0.2, 0) is 5.41 Å². The van der Waals surface area contributed by atoms with Crippen molar-refractivity contribution < 1.29 is 0 Å². The maximum absolute atomic E-state index is 4.47. The third kappa shape index (κ3) is 1.80. The molecule has 2 aliphatic rings. The van der Waals surface area contributed by atoms with E-state index < -0.39 is 0 Å². The number of hydrogen-bond donors (Lipinski definition) is 0. The highest BCUT2D eigenvalue weighted by Gasteiger charge is 2.44. The smallest absolute Gasteiger partial charge is 0.0455 e. The van der Waals surface area contributed by atoms with Crippen molar-refractivity contribution in [3.8, 4) is 33.4 Å². The van der Waals surface area contributed by atoms with Crippen molar-refractivity contribution in [2.24, 2.45) is 0 Å². The van der Waals surface area contributed by atoms with Gasteiger partial charge in [-0.15, -0.1) is 0 Å². The first-order valence-corrected chi connectivity index (χ1v) is 10.3. The van der Waals surface area contributed by atoms with Crippen LogP contribution in [-0.4, -0.2) is 0 Å². The Bertz CT molecular complexity index is 1370. The molecule has 0 N–H and O–H groups in total. The van der Waals surface area contributed by atoms with Gasteiger partial charge < -0.3 is 0 Å². The fourth-order valence-electron chi connectivity index (χ4n) is 5.85. The minimum absolute atomic E-state index is 0.216. The van der Waals surface area contributed by atoms with Gasteiger partial charge in [0.25, 0.3) is 0 Å². The van der Waals surface area contributed by atoms with Gasteiger partial charge in [-0.25, -0.2) is 0 Å². The lowest BCUT2D eigenvalue weighted by Gasteiger charge is -2.32. The van der Waals surface area contributed by atoms with Crippen molar-refractivity contribution in [2.75, 3.05) is 0 Å². The van der Waals surface area contributed by atoms with Crippen molar-refractivity contribution in [3.63, 3.8) is 0 Å². The van der Waals surface area contributed by atoms with Crippen LogP contribution in [0.3, 0.4) is 0 Å². The number of benzene rings is 4. The van der Waals surface area contributed by atoms with E-state index in [0.29, 0.717) is 0 Å². The summed E-state index contributed by atoms with van der Waals surface area (Å²) in [5, 5.41) is 2.74. The predicted octanol–water partition coefficient (Wildman–Crippen LogP) is 7.91. The van der Waals surface area contributed by atoms with Crippen molar-refractivity contribution >= 4 is 10.8 Å². The molecule has 0 aromatic heterocycles. The topological polar surface area (TPSA) is 0 Å². The summed E-state index contributed by atoms with van der Waals surface area (Å²) in [5.41, 5.74) is 11.7. The summed E-state index contributed by atoms with van der Waals surface area (Å²) in [7, 11) is 0. The molecule has 4 aromatic carbocycles. The summed E-state index contributed by atoms with van der Waals surface area (Å²) in [5.74, 6) is 0. The van der Waals surface area contributed by atoms with Crippen LogP contribution in [0.1, 0.15) is 24.5 Å². The summed E-state index contributed by atoms with van der Waals surface area (Å²) >= 11 is 0. The Morgan fingerprint density at radius 2 is 1.45 bits per heavy atom. The molecule has 0 fully saturated rings. The lowest BCUT2D eigenvalue weighted by atomic mass is 9.70. The highest BCUT2D eigenvalue weighted by molar-refractivity contribution is 6.20. The molecule has 1 atom stereocenters. The zero-order valence-corrected chi connectivity index (χ0v) is 16.6. The van der Waals surface area contributed by atoms with E-state index in [1.54, 1.807) is 0 Å². The van der Waals surface area contributed by atoms with Gasteiger partial charge in [0.1, 0.15) is 0 Å². The van der Waals surface area contributed by atoms with Crippen molar-refractivity contribution in [2.45, 2.75) is 18.8 Å². The summed E-state index contributed by atoms with van der Waals surface area (Å²) in [6.07, 6.45) is 2.91. The van der Waals surface area contributed by atoms with Crippen molar-refractivity contribution in [1.29, 1.82) is 0 Å². The Hall–Kier alpha value is -3.38. The maximum atomic E-state index is 4.47. The normalized spacial score (nSPS) is 17.7. The van der Waals surface area contributed by atoms with Gasteiger partial charge in [-0.3, -0.25) is 0 Å². The molecule has 0 saturated heterocycles. The quantitative estimate of drug-likeness (QED) is 0.283. The van der Waals surface area contributed by atoms with Gasteiger partial charge in [0.05, 0.1) is 0 Å². The molecule has 0 amide bonds. The van der Waals surface area contributed by atoms with E-state index >= 15 is 0 Å². The third-order valence-electron chi connectivity index (χ3n) is 7.11. The molecule has 0 aliphatic heterocycles. The second-order valence-electron chi connectivity index (χ2n) is 8.15. The predicted molar refractivity (Wildman–Crippen MR) is 124 cm³/mol. The Kier molecular flexibility index (Phi) is 3.19. The monoisotopic (exact) mass is 370 g/mol. The van der Waals surface area contributed by atoms with Gasteiger partial charge in [0, 0.05) is 5.41 Å². The lowest BCUT2D eigenvalue weighted by Crippen LogP contribution is -2.25. The summed E-state index contributed by atoms with van der Waals surface area (Å²) in [6.45, 7) is 10.8. The second kappa shape index (κ2) is 5.58. The highest BCUT2D eigenvalue weighted by atomic mass is 14.5. The molecule has 0 heterocycles. The van der Waals surface area contributed by atoms with Crippen LogP contribution in [0.25, 0.3) is 44.2 Å². The van der Waals surface area contributed by atoms with E-state index in [4.69, 9.17) is 0 Å². The molecule has 0 saturated carbocycles. The molecule has 0 bridgehead atoms. The molecular formula is C29H22. The zero-order chi connectivity index (χ0) is 19.8. The van der Waals surface area contributed by atoms with Gasteiger partial charge in [-0.2, -0.15) is 0 Å². The minimum atomic E-state index is -0.216. The van der Waals surface area contributed by atoms with Crippen LogP contribution in [0.5, 0.6) is 0 Å². The Labute approximate surface area is 171 Å². The number of hydrogen-bond acceptors (Lipinski definition) is 0. The van der Waals surface area contributed by atoms with E-state index in [9.17, 15) is 0 Å². The maximum Gasteiger partial charge on any atom is 0.0455 e. The molecule has 0 radical (unpaired) electrons. The van der Waals surface area contributed by atoms with Gasteiger partial charge >= 0.3 is 0 Å². The molecule has 1 unspecified atom stereocenters. The van der Waals surface area contributed by atoms with E-state index in [2.05, 4.69) is 92.9 Å². The van der Waals surface area contributed by atoms with Crippen LogP contribution in [0.4, 0.5) is 0 Å². The first kappa shape index (κ1) is 16.6. The molecule has 0 spiro atoms. The minimum Gasteiger partial charge on any atom is -0.0988 e. The molecule has 29 heavy (non-hydrogen) atoms.